The molecule has 4 heteroatoms. The molecule has 0 atom stereocenters. The number of benzene rings is 1. The maximum atomic E-state index is 5.89. The third-order valence-corrected chi connectivity index (χ3v) is 4.00. The van der Waals surface area contributed by atoms with Crippen LogP contribution in [0.5, 0.6) is 0 Å². The molecule has 0 radical (unpaired) electrons. The predicted octanol–water partition coefficient (Wildman–Crippen LogP) is 3.55. The SMILES string of the molecule is CCc1ccc(NC(N)=NCc2sccc2C)cc1. The second-order valence-corrected chi connectivity index (χ2v) is 5.40. The van der Waals surface area contributed by atoms with Gasteiger partial charge in [-0.15, -0.1) is 11.3 Å². The number of anilines is 1. The summed E-state index contributed by atoms with van der Waals surface area (Å²) in [6.07, 6.45) is 1.04. The number of aryl methyl sites for hydroxylation is 2. The van der Waals surface area contributed by atoms with Gasteiger partial charge in [-0.1, -0.05) is 19.1 Å². The second-order valence-electron chi connectivity index (χ2n) is 4.40. The number of nitrogens with zero attached hydrogens (tertiary/aromatic N) is 1. The molecule has 1 aromatic heterocycles. The monoisotopic (exact) mass is 273 g/mol. The Bertz CT molecular complexity index is 555. The van der Waals surface area contributed by atoms with E-state index in [1.165, 1.54) is 16.0 Å². The summed E-state index contributed by atoms with van der Waals surface area (Å²) in [7, 11) is 0. The number of hydrogen-bond acceptors (Lipinski definition) is 2. The first kappa shape index (κ1) is 13.6. The number of rotatable bonds is 4. The van der Waals surface area contributed by atoms with Crippen molar-refractivity contribution in [2.75, 3.05) is 5.32 Å². The quantitative estimate of drug-likeness (QED) is 0.661. The summed E-state index contributed by atoms with van der Waals surface area (Å²) in [6.45, 7) is 4.87. The van der Waals surface area contributed by atoms with Crippen LogP contribution in [-0.4, -0.2) is 5.96 Å². The minimum Gasteiger partial charge on any atom is -0.370 e. The molecule has 0 aliphatic heterocycles. The van der Waals surface area contributed by atoms with Crippen LogP contribution < -0.4 is 11.1 Å². The fourth-order valence-electron chi connectivity index (χ4n) is 1.73. The smallest absolute Gasteiger partial charge is 0.193 e. The van der Waals surface area contributed by atoms with Crippen LogP contribution in [0.3, 0.4) is 0 Å². The molecule has 0 unspecified atom stereocenters. The molecule has 19 heavy (non-hydrogen) atoms. The zero-order chi connectivity index (χ0) is 13.7. The van der Waals surface area contributed by atoms with Crippen LogP contribution in [0.25, 0.3) is 0 Å². The van der Waals surface area contributed by atoms with E-state index >= 15 is 0 Å². The van der Waals surface area contributed by atoms with Crippen LogP contribution in [0.1, 0.15) is 22.9 Å². The zero-order valence-electron chi connectivity index (χ0n) is 11.3. The van der Waals surface area contributed by atoms with Gasteiger partial charge < -0.3 is 11.1 Å². The van der Waals surface area contributed by atoms with Crippen LogP contribution in [0.15, 0.2) is 40.7 Å². The summed E-state index contributed by atoms with van der Waals surface area (Å²) in [5, 5.41) is 5.18. The molecule has 0 amide bonds. The molecule has 2 rings (SSSR count). The topological polar surface area (TPSA) is 50.4 Å². The van der Waals surface area contributed by atoms with Gasteiger partial charge in [-0.05, 0) is 48.1 Å². The van der Waals surface area contributed by atoms with Crippen LogP contribution in [0.4, 0.5) is 5.69 Å². The van der Waals surface area contributed by atoms with E-state index in [2.05, 4.69) is 47.7 Å². The average Bonchev–Trinajstić information content (AvgIpc) is 2.83. The lowest BCUT2D eigenvalue weighted by atomic mass is 10.1. The van der Waals surface area contributed by atoms with Gasteiger partial charge in [0.05, 0.1) is 6.54 Å². The second kappa shape index (κ2) is 6.38. The van der Waals surface area contributed by atoms with Crippen molar-refractivity contribution in [2.45, 2.75) is 26.8 Å². The van der Waals surface area contributed by atoms with E-state index in [1.54, 1.807) is 11.3 Å². The molecule has 2 aromatic rings. The molecular weight excluding hydrogens is 254 g/mol. The van der Waals surface area contributed by atoms with Gasteiger partial charge in [0, 0.05) is 10.6 Å². The molecule has 1 aromatic carbocycles. The molecule has 0 bridgehead atoms. The number of nitrogens with one attached hydrogen (secondary N) is 1. The lowest BCUT2D eigenvalue weighted by molar-refractivity contribution is 1.07. The lowest BCUT2D eigenvalue weighted by Gasteiger charge is -2.06. The molecule has 1 heterocycles. The van der Waals surface area contributed by atoms with Gasteiger partial charge in [-0.3, -0.25) is 0 Å². The standard InChI is InChI=1S/C15H19N3S/c1-3-12-4-6-13(7-5-12)18-15(16)17-10-14-11(2)8-9-19-14/h4-9H,3,10H2,1-2H3,(H3,16,17,18). The van der Waals surface area contributed by atoms with Gasteiger partial charge in [0.1, 0.15) is 0 Å². The van der Waals surface area contributed by atoms with E-state index in [9.17, 15) is 0 Å². The highest BCUT2D eigenvalue weighted by molar-refractivity contribution is 7.10. The third kappa shape index (κ3) is 3.83. The van der Waals surface area contributed by atoms with E-state index in [-0.39, 0.29) is 0 Å². The largest absolute Gasteiger partial charge is 0.370 e. The van der Waals surface area contributed by atoms with Gasteiger partial charge in [0.15, 0.2) is 5.96 Å². The highest BCUT2D eigenvalue weighted by Gasteiger charge is 1.99. The van der Waals surface area contributed by atoms with Crippen molar-refractivity contribution in [1.29, 1.82) is 0 Å². The number of hydrogen-bond donors (Lipinski definition) is 2. The van der Waals surface area contributed by atoms with Crippen molar-refractivity contribution < 1.29 is 0 Å². The Kier molecular flexibility index (Phi) is 4.58. The maximum Gasteiger partial charge on any atom is 0.193 e. The van der Waals surface area contributed by atoms with Gasteiger partial charge in [-0.25, -0.2) is 4.99 Å². The molecule has 0 aliphatic rings. The first-order valence-corrected chi connectivity index (χ1v) is 7.26. The molecule has 0 aliphatic carbocycles. The Morgan fingerprint density at radius 2 is 2.00 bits per heavy atom. The van der Waals surface area contributed by atoms with Gasteiger partial charge in [-0.2, -0.15) is 0 Å². The summed E-state index contributed by atoms with van der Waals surface area (Å²) >= 11 is 1.71. The van der Waals surface area contributed by atoms with Gasteiger partial charge in [0.2, 0.25) is 0 Å². The maximum absolute atomic E-state index is 5.89. The van der Waals surface area contributed by atoms with Crippen molar-refractivity contribution >= 4 is 23.0 Å². The van der Waals surface area contributed by atoms with Gasteiger partial charge in [0.25, 0.3) is 0 Å². The van der Waals surface area contributed by atoms with Crippen LogP contribution >= 0.6 is 11.3 Å². The lowest BCUT2D eigenvalue weighted by Crippen LogP contribution is -2.22. The summed E-state index contributed by atoms with van der Waals surface area (Å²) in [4.78, 5) is 5.61. The first-order valence-electron chi connectivity index (χ1n) is 6.38. The van der Waals surface area contributed by atoms with Crippen molar-refractivity contribution in [3.63, 3.8) is 0 Å². The first-order chi connectivity index (χ1) is 9.19. The van der Waals surface area contributed by atoms with Gasteiger partial charge >= 0.3 is 0 Å². The third-order valence-electron chi connectivity index (χ3n) is 3.00. The van der Waals surface area contributed by atoms with Crippen molar-refractivity contribution in [3.05, 3.63) is 51.7 Å². The van der Waals surface area contributed by atoms with Crippen LogP contribution in [0.2, 0.25) is 0 Å². The number of nitrogens with two attached hydrogens (primary N) is 1. The number of guanidine groups is 1. The van der Waals surface area contributed by atoms with E-state index in [4.69, 9.17) is 5.73 Å². The van der Waals surface area contributed by atoms with Crippen molar-refractivity contribution in [1.82, 2.24) is 0 Å². The molecule has 0 saturated carbocycles. The summed E-state index contributed by atoms with van der Waals surface area (Å²) in [6, 6.07) is 10.3. The summed E-state index contributed by atoms with van der Waals surface area (Å²) in [5.41, 5.74) is 9.45. The Balaban J connectivity index is 1.96. The number of aliphatic imine (C=N–C) groups is 1. The normalized spacial score (nSPS) is 11.6. The fraction of sp³-hybridized carbons (Fsp3) is 0.267. The fourth-order valence-corrected chi connectivity index (χ4v) is 2.56. The molecule has 0 fully saturated rings. The Morgan fingerprint density at radius 3 is 2.58 bits per heavy atom. The van der Waals surface area contributed by atoms with Crippen molar-refractivity contribution in [3.8, 4) is 0 Å². The van der Waals surface area contributed by atoms with Crippen LogP contribution in [-0.2, 0) is 13.0 Å². The van der Waals surface area contributed by atoms with Crippen molar-refractivity contribution in [2.24, 2.45) is 10.7 Å². The zero-order valence-corrected chi connectivity index (χ0v) is 12.1. The Morgan fingerprint density at radius 1 is 1.26 bits per heavy atom. The number of thiophene rings is 1. The minimum atomic E-state index is 0.456. The predicted molar refractivity (Wildman–Crippen MR) is 83.8 cm³/mol. The molecule has 100 valence electrons. The molecule has 3 N–H and O–H groups in total. The summed E-state index contributed by atoms with van der Waals surface area (Å²) < 4.78 is 0. The Labute approximate surface area is 118 Å². The van der Waals surface area contributed by atoms with E-state index in [1.807, 2.05) is 12.1 Å². The molecule has 0 saturated heterocycles. The molecular formula is C15H19N3S. The van der Waals surface area contributed by atoms with E-state index in [0.29, 0.717) is 12.5 Å². The highest BCUT2D eigenvalue weighted by Crippen LogP contribution is 2.16. The Hall–Kier alpha value is -1.81. The highest BCUT2D eigenvalue weighted by atomic mass is 32.1. The van der Waals surface area contributed by atoms with Crippen LogP contribution in [0, 0.1) is 6.92 Å². The molecule has 3 nitrogen and oxygen atoms in total. The van der Waals surface area contributed by atoms with E-state index < -0.39 is 0 Å². The molecule has 0 spiro atoms. The minimum absolute atomic E-state index is 0.456. The average molecular weight is 273 g/mol. The summed E-state index contributed by atoms with van der Waals surface area (Å²) in [5.74, 6) is 0.456. The van der Waals surface area contributed by atoms with E-state index in [0.717, 1.165) is 12.1 Å².